The summed E-state index contributed by atoms with van der Waals surface area (Å²) >= 11 is 1.73. The molecule has 31 heavy (non-hydrogen) atoms. The summed E-state index contributed by atoms with van der Waals surface area (Å²) in [4.78, 5) is 27.8. The van der Waals surface area contributed by atoms with Crippen molar-refractivity contribution < 1.29 is 0 Å². The molecule has 164 valence electrons. The summed E-state index contributed by atoms with van der Waals surface area (Å²) in [7, 11) is 0. The number of guanidine groups is 1. The van der Waals surface area contributed by atoms with Gasteiger partial charge in [-0.25, -0.2) is 9.98 Å². The maximum absolute atomic E-state index is 12.5. The van der Waals surface area contributed by atoms with Crippen LogP contribution in [0.4, 0.5) is 0 Å². The Kier molecular flexibility index (Phi) is 9.77. The van der Waals surface area contributed by atoms with E-state index in [9.17, 15) is 4.79 Å². The van der Waals surface area contributed by atoms with Gasteiger partial charge in [-0.2, -0.15) is 16.8 Å². The van der Waals surface area contributed by atoms with E-state index in [1.54, 1.807) is 17.8 Å². The van der Waals surface area contributed by atoms with Gasteiger partial charge in [0.05, 0.1) is 0 Å². The lowest BCUT2D eigenvalue weighted by atomic mass is 10.0. The van der Waals surface area contributed by atoms with Crippen molar-refractivity contribution in [3.05, 3.63) is 86.9 Å². The Morgan fingerprint density at radius 2 is 1.97 bits per heavy atom. The van der Waals surface area contributed by atoms with E-state index in [4.69, 9.17) is 11.5 Å². The van der Waals surface area contributed by atoms with Gasteiger partial charge < -0.3 is 16.5 Å². The second kappa shape index (κ2) is 12.5. The number of nitrogens with zero attached hydrogens (tertiary/aromatic N) is 3. The summed E-state index contributed by atoms with van der Waals surface area (Å²) in [5.41, 5.74) is 14.5. The van der Waals surface area contributed by atoms with Crippen LogP contribution in [0.2, 0.25) is 0 Å². The molecule has 0 bridgehead atoms. The van der Waals surface area contributed by atoms with Crippen molar-refractivity contribution in [1.82, 2.24) is 9.97 Å². The lowest BCUT2D eigenvalue weighted by molar-refractivity contribution is 0.840. The number of nitrogens with one attached hydrogen (secondary N) is 1. The van der Waals surface area contributed by atoms with Gasteiger partial charge >= 0.3 is 0 Å². The Labute approximate surface area is 187 Å². The van der Waals surface area contributed by atoms with Crippen LogP contribution in [0, 0.1) is 6.92 Å². The quantitative estimate of drug-likeness (QED) is 0.215. The van der Waals surface area contributed by atoms with Crippen LogP contribution in [0.25, 0.3) is 0 Å². The van der Waals surface area contributed by atoms with Gasteiger partial charge in [0.2, 0.25) is 0 Å². The van der Waals surface area contributed by atoms with E-state index in [2.05, 4.69) is 38.8 Å². The molecule has 0 amide bonds. The summed E-state index contributed by atoms with van der Waals surface area (Å²) < 4.78 is 0. The summed E-state index contributed by atoms with van der Waals surface area (Å²) in [6, 6.07) is 10.2. The normalized spacial score (nSPS) is 11.9. The number of hydrogen-bond donors (Lipinski definition) is 3. The third-order valence-electron chi connectivity index (χ3n) is 4.62. The van der Waals surface area contributed by atoms with Gasteiger partial charge in [0.25, 0.3) is 5.56 Å². The van der Waals surface area contributed by atoms with E-state index in [0.717, 1.165) is 34.8 Å². The molecule has 2 rings (SSSR count). The molecular formula is C23H30N6OS. The number of benzene rings is 1. The zero-order valence-corrected chi connectivity index (χ0v) is 18.9. The zero-order valence-electron chi connectivity index (χ0n) is 18.1. The number of allylic oxidation sites excluding steroid dienone is 2. The summed E-state index contributed by atoms with van der Waals surface area (Å²) in [5, 5.41) is 0. The van der Waals surface area contributed by atoms with Gasteiger partial charge in [-0.1, -0.05) is 36.4 Å². The predicted octanol–water partition coefficient (Wildman–Crippen LogP) is 2.90. The SMILES string of the molecule is C=N/C(=C\C(=C/C)CSCCc1nc(C)c(CCc2ccccc2)c(=O)[nH]1)N=C(N)N. The van der Waals surface area contributed by atoms with Crippen LogP contribution in [0.15, 0.2) is 68.7 Å². The second-order valence-corrected chi connectivity index (χ2v) is 8.03. The number of aliphatic imine (C=N–C) groups is 2. The minimum atomic E-state index is -0.0561. The molecule has 0 aliphatic carbocycles. The van der Waals surface area contributed by atoms with Crippen LogP contribution in [-0.4, -0.2) is 34.2 Å². The number of aryl methyl sites for hydroxylation is 3. The van der Waals surface area contributed by atoms with Crippen LogP contribution in [0.5, 0.6) is 0 Å². The molecule has 0 spiro atoms. The van der Waals surface area contributed by atoms with E-state index in [1.165, 1.54) is 5.56 Å². The van der Waals surface area contributed by atoms with Crippen molar-refractivity contribution >= 4 is 24.4 Å². The van der Waals surface area contributed by atoms with Gasteiger partial charge in [0.15, 0.2) is 11.8 Å². The first-order valence-electron chi connectivity index (χ1n) is 10.1. The number of thioether (sulfide) groups is 1. The minimum absolute atomic E-state index is 0.0422. The van der Waals surface area contributed by atoms with Crippen molar-refractivity contribution in [3.8, 4) is 0 Å². The number of hydrogen-bond acceptors (Lipinski definition) is 5. The molecule has 0 saturated carbocycles. The second-order valence-electron chi connectivity index (χ2n) is 6.93. The highest BCUT2D eigenvalue weighted by Gasteiger charge is 2.09. The maximum atomic E-state index is 12.5. The minimum Gasteiger partial charge on any atom is -0.370 e. The molecule has 1 heterocycles. The molecule has 0 fully saturated rings. The monoisotopic (exact) mass is 438 g/mol. The Balaban J connectivity index is 1.91. The third-order valence-corrected chi connectivity index (χ3v) is 5.65. The molecule has 8 heteroatoms. The van der Waals surface area contributed by atoms with Crippen LogP contribution in [0.1, 0.15) is 29.6 Å². The number of rotatable bonds is 11. The average Bonchev–Trinajstić information content (AvgIpc) is 2.75. The molecule has 0 unspecified atom stereocenters. The molecule has 7 nitrogen and oxygen atoms in total. The van der Waals surface area contributed by atoms with E-state index in [0.29, 0.717) is 24.5 Å². The molecule has 0 atom stereocenters. The Morgan fingerprint density at radius 1 is 1.23 bits per heavy atom. The largest absolute Gasteiger partial charge is 0.370 e. The summed E-state index contributed by atoms with van der Waals surface area (Å²) in [5.74, 6) is 2.61. The first kappa shape index (κ1) is 24.1. The first-order valence-corrected chi connectivity index (χ1v) is 11.2. The highest BCUT2D eigenvalue weighted by atomic mass is 32.2. The van der Waals surface area contributed by atoms with Crippen molar-refractivity contribution in [1.29, 1.82) is 0 Å². The van der Waals surface area contributed by atoms with Crippen LogP contribution in [-0.2, 0) is 19.3 Å². The van der Waals surface area contributed by atoms with Crippen molar-refractivity contribution in [2.24, 2.45) is 21.5 Å². The lowest BCUT2D eigenvalue weighted by Crippen LogP contribution is -2.22. The van der Waals surface area contributed by atoms with E-state index in [-0.39, 0.29) is 11.5 Å². The highest BCUT2D eigenvalue weighted by molar-refractivity contribution is 7.99. The van der Waals surface area contributed by atoms with Crippen LogP contribution >= 0.6 is 11.8 Å². The molecule has 1 aromatic carbocycles. The molecule has 2 aromatic rings. The van der Waals surface area contributed by atoms with Crippen LogP contribution in [0.3, 0.4) is 0 Å². The molecule has 0 aliphatic rings. The number of aromatic amines is 1. The highest BCUT2D eigenvalue weighted by Crippen LogP contribution is 2.14. The smallest absolute Gasteiger partial charge is 0.254 e. The van der Waals surface area contributed by atoms with Gasteiger partial charge in [-0.05, 0) is 50.6 Å². The van der Waals surface area contributed by atoms with E-state index >= 15 is 0 Å². The van der Waals surface area contributed by atoms with Crippen molar-refractivity contribution in [3.63, 3.8) is 0 Å². The third kappa shape index (κ3) is 8.25. The fourth-order valence-corrected chi connectivity index (χ4v) is 3.94. The Hall–Kier alpha value is -3.13. The topological polar surface area (TPSA) is 123 Å². The maximum Gasteiger partial charge on any atom is 0.254 e. The van der Waals surface area contributed by atoms with Gasteiger partial charge in [-0.3, -0.25) is 4.79 Å². The van der Waals surface area contributed by atoms with Gasteiger partial charge in [-0.15, -0.1) is 0 Å². The lowest BCUT2D eigenvalue weighted by Gasteiger charge is -2.08. The van der Waals surface area contributed by atoms with Crippen LogP contribution < -0.4 is 17.0 Å². The molecule has 0 saturated heterocycles. The Bertz CT molecular complexity index is 1020. The predicted molar refractivity (Wildman–Crippen MR) is 132 cm³/mol. The van der Waals surface area contributed by atoms with Crippen molar-refractivity contribution in [2.75, 3.05) is 11.5 Å². The van der Waals surface area contributed by atoms with Gasteiger partial charge in [0, 0.05) is 29.2 Å². The first-order chi connectivity index (χ1) is 14.9. The van der Waals surface area contributed by atoms with E-state index in [1.807, 2.05) is 38.1 Å². The molecular weight excluding hydrogens is 408 g/mol. The number of nitrogens with two attached hydrogens (primary N) is 2. The van der Waals surface area contributed by atoms with Crippen molar-refractivity contribution in [2.45, 2.75) is 33.1 Å². The molecule has 0 radical (unpaired) electrons. The average molecular weight is 439 g/mol. The molecule has 5 N–H and O–H groups in total. The standard InChI is InChI=1S/C23H30N6OS/c1-4-17(14-21(26-3)29-23(24)25)15-31-13-12-20-27-16(2)19(22(30)28-20)11-10-18-8-6-5-7-9-18/h4-9,14H,3,10-13,15H2,1-2H3,(H4,24,25,29)(H,27,28,30)/b17-4+,21-14+. The summed E-state index contributed by atoms with van der Waals surface area (Å²) in [6.07, 6.45) is 5.96. The Morgan fingerprint density at radius 3 is 2.58 bits per heavy atom. The molecule has 1 aromatic heterocycles. The summed E-state index contributed by atoms with van der Waals surface area (Å²) in [6.45, 7) is 7.33. The molecule has 0 aliphatic heterocycles. The fraction of sp³-hybridized carbons (Fsp3) is 0.304. The zero-order chi connectivity index (χ0) is 22.6. The number of aromatic nitrogens is 2. The fourth-order valence-electron chi connectivity index (χ4n) is 2.97. The van der Waals surface area contributed by atoms with Gasteiger partial charge in [0.1, 0.15) is 5.82 Å². The number of H-pyrrole nitrogens is 1. The van der Waals surface area contributed by atoms with E-state index < -0.39 is 0 Å².